The maximum absolute atomic E-state index is 3.01. The number of hydrogen-bond donors (Lipinski definition) is 0. The van der Waals surface area contributed by atoms with Crippen molar-refractivity contribution in [3.8, 4) is 11.1 Å². The summed E-state index contributed by atoms with van der Waals surface area (Å²) < 4.78 is 3.85. The Kier molecular flexibility index (Phi) is 9.45. The molecule has 0 aromatic heterocycles. The third-order valence-electron chi connectivity index (χ3n) is 12.3. The molecule has 0 nitrogen and oxygen atoms in total. The molecule has 0 bridgehead atoms. The second-order valence-electron chi connectivity index (χ2n) is 17.6. The number of hydrogen-bond acceptors (Lipinski definition) is 0. The predicted octanol–water partition coefficient (Wildman–Crippen LogP) is 14.7. The Morgan fingerprint density at radius 3 is 1.80 bits per heavy atom. The summed E-state index contributed by atoms with van der Waals surface area (Å²) in [6, 6.07) is 41.0. The predicted molar refractivity (Wildman–Crippen MR) is 215 cm³/mol. The molecule has 0 heterocycles. The van der Waals surface area contributed by atoms with Gasteiger partial charge < -0.3 is 0 Å². The summed E-state index contributed by atoms with van der Waals surface area (Å²) in [6.07, 6.45) is 5.15. The maximum atomic E-state index is 2.68. The van der Waals surface area contributed by atoms with Crippen LogP contribution >= 0.6 is 0 Å². The van der Waals surface area contributed by atoms with Crippen LogP contribution in [0.4, 0.5) is 0 Å². The molecule has 5 aromatic carbocycles. The first-order valence-corrected chi connectivity index (χ1v) is 23.5. The average Bonchev–Trinajstić information content (AvgIpc) is 3.59. The fourth-order valence-electron chi connectivity index (χ4n) is 9.72. The Morgan fingerprint density at radius 2 is 1.12 bits per heavy atom. The number of fused-ring (bicyclic) bond motifs is 5. The Hall–Kier alpha value is -3.19. The van der Waals surface area contributed by atoms with Crippen molar-refractivity contribution in [2.45, 2.75) is 117 Å². The zero-order valence-electron chi connectivity index (χ0n) is 32.2. The number of unbranched alkanes of at least 4 members (excludes halogenated alkanes) is 2. The van der Waals surface area contributed by atoms with E-state index in [0.717, 1.165) is 0 Å². The van der Waals surface area contributed by atoms with Crippen molar-refractivity contribution in [2.24, 2.45) is 0 Å². The monoisotopic (exact) mass is 694 g/mol. The molecule has 0 saturated carbocycles. The molecule has 2 aliphatic carbocycles. The molecule has 5 aromatic rings. The minimum atomic E-state index is -3.01. The standard InChI is InChI=1S/C21H25.C20H15.2C4H9.Ti/c1-20(2,3)16-9-10-18-15(12-16)11-14-7-8-17(13-19(14)18)21(4,5)6;1-14-12-17-8-4-5-9-19(17)20(14)18-11-10-15-6-2-3-7-16(15)13-18;2*1-3-4-2;/h7-13H,1-6H3;2-13H,1H3;2*1,3-4H2,2H3;. The molecule has 0 fully saturated rings. The van der Waals surface area contributed by atoms with Crippen LogP contribution in [0, 0.1) is 0 Å². The number of benzene rings is 5. The normalized spacial score (nSPS) is 17.3. The van der Waals surface area contributed by atoms with Gasteiger partial charge in [0.05, 0.1) is 0 Å². The molecule has 0 N–H and O–H groups in total. The first-order valence-electron chi connectivity index (χ1n) is 19.5. The van der Waals surface area contributed by atoms with Gasteiger partial charge in [-0.05, 0) is 0 Å². The summed E-state index contributed by atoms with van der Waals surface area (Å²) in [5.74, 6) is 0. The van der Waals surface area contributed by atoms with Gasteiger partial charge in [0.15, 0.2) is 0 Å². The average molecular weight is 695 g/mol. The van der Waals surface area contributed by atoms with Crippen molar-refractivity contribution in [1.82, 2.24) is 0 Å². The topological polar surface area (TPSA) is 0 Å². The molecule has 7 rings (SSSR count). The molecular formula is C49H58Ti. The van der Waals surface area contributed by atoms with Gasteiger partial charge in [-0.3, -0.25) is 0 Å². The molecule has 2 aliphatic rings. The Morgan fingerprint density at radius 1 is 0.520 bits per heavy atom. The van der Waals surface area contributed by atoms with E-state index < -0.39 is 16.6 Å². The number of allylic oxidation sites excluding steroid dienone is 1. The second kappa shape index (κ2) is 13.4. The first kappa shape index (κ1) is 35.2. The van der Waals surface area contributed by atoms with Crippen molar-refractivity contribution in [2.75, 3.05) is 0 Å². The van der Waals surface area contributed by atoms with E-state index in [-0.39, 0.29) is 10.8 Å². The fourth-order valence-corrected chi connectivity index (χ4v) is 21.2. The zero-order valence-corrected chi connectivity index (χ0v) is 33.8. The minimum absolute atomic E-state index is 0.104. The van der Waals surface area contributed by atoms with Gasteiger partial charge in [0, 0.05) is 0 Å². The van der Waals surface area contributed by atoms with Gasteiger partial charge in [-0.2, -0.15) is 0 Å². The van der Waals surface area contributed by atoms with Crippen molar-refractivity contribution in [3.63, 3.8) is 0 Å². The van der Waals surface area contributed by atoms with Crippen LogP contribution < -0.4 is 0 Å². The molecule has 50 heavy (non-hydrogen) atoms. The van der Waals surface area contributed by atoms with E-state index in [1.165, 1.54) is 84.9 Å². The summed E-state index contributed by atoms with van der Waals surface area (Å²) in [5.41, 5.74) is 17.1. The Balaban J connectivity index is 1.53. The van der Waals surface area contributed by atoms with Crippen LogP contribution in [0.25, 0.3) is 27.5 Å². The van der Waals surface area contributed by atoms with Gasteiger partial charge in [-0.25, -0.2) is 0 Å². The Bertz CT molecular complexity index is 2070. The van der Waals surface area contributed by atoms with Crippen molar-refractivity contribution >= 4 is 16.3 Å². The summed E-state index contributed by atoms with van der Waals surface area (Å²) >= 11 is -3.01. The van der Waals surface area contributed by atoms with Crippen LogP contribution in [0.15, 0.2) is 109 Å². The van der Waals surface area contributed by atoms with Crippen molar-refractivity contribution in [3.05, 3.63) is 148 Å². The van der Waals surface area contributed by atoms with E-state index in [1.807, 2.05) is 0 Å². The van der Waals surface area contributed by atoms with Gasteiger partial charge in [0.25, 0.3) is 0 Å². The Labute approximate surface area is 306 Å². The van der Waals surface area contributed by atoms with E-state index in [0.29, 0.717) is 8.45 Å². The molecule has 1 heteroatoms. The van der Waals surface area contributed by atoms with Crippen LogP contribution in [-0.4, -0.2) is 0 Å². The molecular weight excluding hydrogens is 636 g/mol. The fraction of sp³-hybridized carbons (Fsp3) is 0.388. The van der Waals surface area contributed by atoms with E-state index in [9.17, 15) is 0 Å². The van der Waals surface area contributed by atoms with Gasteiger partial charge in [-0.15, -0.1) is 0 Å². The van der Waals surface area contributed by atoms with E-state index in [1.54, 1.807) is 22.3 Å². The van der Waals surface area contributed by atoms with Crippen LogP contribution in [0.3, 0.4) is 0 Å². The van der Waals surface area contributed by atoms with Crippen molar-refractivity contribution < 1.29 is 16.6 Å². The van der Waals surface area contributed by atoms with Gasteiger partial charge in [0.2, 0.25) is 0 Å². The third-order valence-corrected chi connectivity index (χ3v) is 22.0. The molecule has 0 radical (unpaired) electrons. The van der Waals surface area contributed by atoms with Crippen LogP contribution in [-0.2, 0) is 27.4 Å². The quantitative estimate of drug-likeness (QED) is 0.135. The first-order chi connectivity index (χ1) is 23.9. The van der Waals surface area contributed by atoms with Gasteiger partial charge >= 0.3 is 308 Å². The zero-order chi connectivity index (χ0) is 35.4. The second-order valence-corrected chi connectivity index (χ2v) is 24.8. The van der Waals surface area contributed by atoms with E-state index in [4.69, 9.17) is 0 Å². The molecule has 258 valence electrons. The summed E-state index contributed by atoms with van der Waals surface area (Å²) in [7, 11) is 0. The van der Waals surface area contributed by atoms with E-state index >= 15 is 0 Å². The summed E-state index contributed by atoms with van der Waals surface area (Å²) in [6.45, 7) is 21.7. The van der Waals surface area contributed by atoms with E-state index in [2.05, 4.69) is 165 Å². The summed E-state index contributed by atoms with van der Waals surface area (Å²) in [4.78, 5) is 0. The SMILES string of the molecule is CCC[CH2][Ti]([CH2]CCC)([CH]1C(C)=C(c2ccc3ccccc3c2)c2ccccc21)[CH]1c2ccc(C(C)(C)C)cc2-c2ccc(C(C)(C)C)cc21. The molecule has 0 spiro atoms. The molecule has 2 unspecified atom stereocenters. The van der Waals surface area contributed by atoms with Gasteiger partial charge in [0.1, 0.15) is 0 Å². The molecule has 2 atom stereocenters. The van der Waals surface area contributed by atoms with Crippen LogP contribution in [0.1, 0.15) is 135 Å². The van der Waals surface area contributed by atoms with Crippen LogP contribution in [0.5, 0.6) is 0 Å². The van der Waals surface area contributed by atoms with Crippen LogP contribution in [0.2, 0.25) is 9.45 Å². The third kappa shape index (κ3) is 5.99. The molecule has 0 amide bonds. The van der Waals surface area contributed by atoms with Crippen molar-refractivity contribution in [1.29, 1.82) is 0 Å². The number of rotatable bonds is 9. The summed E-state index contributed by atoms with van der Waals surface area (Å²) in [5, 5.41) is 2.65. The molecule has 0 aliphatic heterocycles. The molecule has 0 saturated heterocycles. The van der Waals surface area contributed by atoms with Gasteiger partial charge in [-0.1, -0.05) is 0 Å².